The van der Waals surface area contributed by atoms with Gasteiger partial charge in [-0.2, -0.15) is 0 Å². The van der Waals surface area contributed by atoms with Crippen LogP contribution in [-0.2, 0) is 9.59 Å². The molecule has 0 aromatic rings. The van der Waals surface area contributed by atoms with E-state index in [4.69, 9.17) is 10.8 Å². The number of hydrogen-bond acceptors (Lipinski definition) is 3. The highest BCUT2D eigenvalue weighted by Crippen LogP contribution is 2.10. The van der Waals surface area contributed by atoms with Gasteiger partial charge in [0.05, 0.1) is 0 Å². The molecule has 0 saturated carbocycles. The van der Waals surface area contributed by atoms with Gasteiger partial charge >= 0.3 is 12.0 Å². The Morgan fingerprint density at radius 3 is 2.05 bits per heavy atom. The lowest BCUT2D eigenvalue weighted by molar-refractivity contribution is -0.143. The number of carbonyl (C=O) groups is 3. The summed E-state index contributed by atoms with van der Waals surface area (Å²) in [4.78, 5) is 34.2. The minimum atomic E-state index is -1.09. The third kappa shape index (κ3) is 6.40. The average molecular weight is 287 g/mol. The van der Waals surface area contributed by atoms with Gasteiger partial charge in [-0.1, -0.05) is 34.1 Å². The highest BCUT2D eigenvalue weighted by atomic mass is 16.4. The number of primary amides is 1. The van der Waals surface area contributed by atoms with Crippen LogP contribution < -0.4 is 16.4 Å². The summed E-state index contributed by atoms with van der Waals surface area (Å²) in [5, 5.41) is 14.0. The Morgan fingerprint density at radius 2 is 1.70 bits per heavy atom. The van der Waals surface area contributed by atoms with Gasteiger partial charge in [0.15, 0.2) is 0 Å². The van der Waals surface area contributed by atoms with E-state index in [9.17, 15) is 14.4 Å². The molecule has 0 aliphatic heterocycles. The van der Waals surface area contributed by atoms with Crippen LogP contribution in [0.1, 0.15) is 40.5 Å². The maximum absolute atomic E-state index is 12.1. The standard InChI is InChI=1S/C13H25N3O4/c1-5-8(4)10(12(18)19)16-11(17)9(6-7(2)3)15-13(14)20/h7-10H,5-6H2,1-4H3,(H,16,17)(H,18,19)(H3,14,15,20). The molecule has 7 nitrogen and oxygen atoms in total. The molecule has 0 aliphatic rings. The molecule has 0 aromatic heterocycles. The van der Waals surface area contributed by atoms with Crippen molar-refractivity contribution in [3.8, 4) is 0 Å². The second kappa shape index (κ2) is 8.39. The number of hydrogen-bond donors (Lipinski definition) is 4. The lowest BCUT2D eigenvalue weighted by atomic mass is 9.97. The van der Waals surface area contributed by atoms with Crippen LogP contribution >= 0.6 is 0 Å². The third-order valence-corrected chi connectivity index (χ3v) is 3.12. The second-order valence-electron chi connectivity index (χ2n) is 5.40. The fraction of sp³-hybridized carbons (Fsp3) is 0.769. The molecular weight excluding hydrogens is 262 g/mol. The molecule has 0 aliphatic carbocycles. The van der Waals surface area contributed by atoms with E-state index >= 15 is 0 Å². The molecule has 3 unspecified atom stereocenters. The van der Waals surface area contributed by atoms with E-state index in [1.807, 2.05) is 20.8 Å². The Hall–Kier alpha value is -1.79. The summed E-state index contributed by atoms with van der Waals surface area (Å²) < 4.78 is 0. The first kappa shape index (κ1) is 18.2. The van der Waals surface area contributed by atoms with Crippen molar-refractivity contribution in [1.82, 2.24) is 10.6 Å². The summed E-state index contributed by atoms with van der Waals surface area (Å²) in [5.74, 6) is -1.66. The molecule has 0 spiro atoms. The second-order valence-corrected chi connectivity index (χ2v) is 5.40. The van der Waals surface area contributed by atoms with E-state index in [0.717, 1.165) is 0 Å². The van der Waals surface area contributed by atoms with Crippen LogP contribution in [0.3, 0.4) is 0 Å². The summed E-state index contributed by atoms with van der Waals surface area (Å²) in [6, 6.07) is -2.60. The molecule has 0 heterocycles. The van der Waals surface area contributed by atoms with Gasteiger partial charge in [-0.05, 0) is 18.3 Å². The first-order valence-corrected chi connectivity index (χ1v) is 6.78. The Bertz CT molecular complexity index is 358. The molecule has 0 fully saturated rings. The number of amides is 3. The smallest absolute Gasteiger partial charge is 0.326 e. The fourth-order valence-corrected chi connectivity index (χ4v) is 1.81. The first-order valence-electron chi connectivity index (χ1n) is 6.78. The van der Waals surface area contributed by atoms with Crippen molar-refractivity contribution >= 4 is 17.9 Å². The molecule has 0 saturated heterocycles. The van der Waals surface area contributed by atoms with Crippen molar-refractivity contribution < 1.29 is 19.5 Å². The monoisotopic (exact) mass is 287 g/mol. The molecule has 0 bridgehead atoms. The first-order chi connectivity index (χ1) is 9.18. The van der Waals surface area contributed by atoms with Crippen LogP contribution in [0.15, 0.2) is 0 Å². The summed E-state index contributed by atoms with van der Waals surface area (Å²) in [6.07, 6.45) is 1.01. The minimum absolute atomic E-state index is 0.157. The summed E-state index contributed by atoms with van der Waals surface area (Å²) >= 11 is 0. The van der Waals surface area contributed by atoms with Crippen LogP contribution in [0.2, 0.25) is 0 Å². The van der Waals surface area contributed by atoms with Crippen molar-refractivity contribution in [2.45, 2.75) is 52.6 Å². The molecule has 0 radical (unpaired) electrons. The highest BCUT2D eigenvalue weighted by molar-refractivity contribution is 5.89. The number of aliphatic carboxylic acids is 1. The van der Waals surface area contributed by atoms with Gasteiger partial charge < -0.3 is 21.5 Å². The largest absolute Gasteiger partial charge is 0.480 e. The number of carboxylic acid groups (broad SMARTS) is 1. The number of rotatable bonds is 8. The molecule has 7 heteroatoms. The van der Waals surface area contributed by atoms with E-state index in [2.05, 4.69) is 10.6 Å². The molecular formula is C13H25N3O4. The number of carbonyl (C=O) groups excluding carboxylic acids is 2. The number of urea groups is 1. The minimum Gasteiger partial charge on any atom is -0.480 e. The zero-order valence-electron chi connectivity index (χ0n) is 12.5. The summed E-state index contributed by atoms with van der Waals surface area (Å²) in [5.41, 5.74) is 5.04. The van der Waals surface area contributed by atoms with Crippen molar-refractivity contribution in [3.05, 3.63) is 0 Å². The predicted molar refractivity (Wildman–Crippen MR) is 75.0 cm³/mol. The zero-order valence-corrected chi connectivity index (χ0v) is 12.5. The van der Waals surface area contributed by atoms with Gasteiger partial charge in [-0.15, -0.1) is 0 Å². The van der Waals surface area contributed by atoms with Crippen molar-refractivity contribution in [1.29, 1.82) is 0 Å². The lowest BCUT2D eigenvalue weighted by Gasteiger charge is -2.24. The normalized spacial score (nSPS) is 15.2. The third-order valence-electron chi connectivity index (χ3n) is 3.12. The Kier molecular flexibility index (Phi) is 7.64. The number of nitrogens with two attached hydrogens (primary N) is 1. The molecule has 0 aromatic carbocycles. The summed E-state index contributed by atoms with van der Waals surface area (Å²) in [6.45, 7) is 7.39. The Morgan fingerprint density at radius 1 is 1.15 bits per heavy atom. The van der Waals surface area contributed by atoms with E-state index in [-0.39, 0.29) is 11.8 Å². The molecule has 3 atom stereocenters. The van der Waals surface area contributed by atoms with Crippen LogP contribution in [0.25, 0.3) is 0 Å². The lowest BCUT2D eigenvalue weighted by Crippen LogP contribution is -2.54. The topological polar surface area (TPSA) is 122 Å². The van der Waals surface area contributed by atoms with Gasteiger partial charge in [0.2, 0.25) is 5.91 Å². The number of nitrogens with one attached hydrogen (secondary N) is 2. The molecule has 20 heavy (non-hydrogen) atoms. The van der Waals surface area contributed by atoms with E-state index < -0.39 is 30.0 Å². The highest BCUT2D eigenvalue weighted by Gasteiger charge is 2.29. The SMILES string of the molecule is CCC(C)C(NC(=O)C(CC(C)C)NC(N)=O)C(=O)O. The van der Waals surface area contributed by atoms with Gasteiger partial charge in [0.25, 0.3) is 0 Å². The summed E-state index contributed by atoms with van der Waals surface area (Å²) in [7, 11) is 0. The number of carboxylic acids is 1. The van der Waals surface area contributed by atoms with Crippen LogP contribution in [-0.4, -0.2) is 35.1 Å². The van der Waals surface area contributed by atoms with Crippen molar-refractivity contribution in [2.24, 2.45) is 17.6 Å². The van der Waals surface area contributed by atoms with Crippen LogP contribution in [0.4, 0.5) is 4.79 Å². The maximum Gasteiger partial charge on any atom is 0.326 e. The average Bonchev–Trinajstić information content (AvgIpc) is 2.32. The molecule has 0 rings (SSSR count). The quantitative estimate of drug-likeness (QED) is 0.524. The molecule has 3 amide bonds. The Balaban J connectivity index is 4.86. The van der Waals surface area contributed by atoms with Gasteiger partial charge in [-0.25, -0.2) is 9.59 Å². The van der Waals surface area contributed by atoms with Crippen molar-refractivity contribution in [3.63, 3.8) is 0 Å². The van der Waals surface area contributed by atoms with E-state index in [0.29, 0.717) is 12.8 Å². The van der Waals surface area contributed by atoms with Gasteiger partial charge in [-0.3, -0.25) is 4.79 Å². The van der Waals surface area contributed by atoms with Crippen molar-refractivity contribution in [2.75, 3.05) is 0 Å². The Labute approximate surface area is 119 Å². The van der Waals surface area contributed by atoms with Gasteiger partial charge in [0, 0.05) is 0 Å². The molecule has 116 valence electrons. The predicted octanol–water partition coefficient (Wildman–Crippen LogP) is 0.685. The van der Waals surface area contributed by atoms with Gasteiger partial charge in [0.1, 0.15) is 12.1 Å². The van der Waals surface area contributed by atoms with E-state index in [1.165, 1.54) is 0 Å². The maximum atomic E-state index is 12.1. The fourth-order valence-electron chi connectivity index (χ4n) is 1.81. The van der Waals surface area contributed by atoms with Crippen LogP contribution in [0, 0.1) is 11.8 Å². The zero-order chi connectivity index (χ0) is 15.9. The van der Waals surface area contributed by atoms with E-state index in [1.54, 1.807) is 6.92 Å². The molecule has 5 N–H and O–H groups in total. The van der Waals surface area contributed by atoms with Crippen LogP contribution in [0.5, 0.6) is 0 Å².